The van der Waals surface area contributed by atoms with Crippen molar-refractivity contribution in [3.05, 3.63) is 11.9 Å². The molecule has 17 heavy (non-hydrogen) atoms. The third-order valence-electron chi connectivity index (χ3n) is 3.56. The van der Waals surface area contributed by atoms with E-state index in [0.29, 0.717) is 0 Å². The maximum absolute atomic E-state index is 12.9. The molecule has 0 bridgehead atoms. The first-order chi connectivity index (χ1) is 7.51. The first-order valence-electron chi connectivity index (χ1n) is 6.01. The number of carbonyl (C=O) groups excluding carboxylic acids is 1. The summed E-state index contributed by atoms with van der Waals surface area (Å²) in [6.07, 6.45) is 1.47. The van der Waals surface area contributed by atoms with Gasteiger partial charge in [0.2, 0.25) is 0 Å². The van der Waals surface area contributed by atoms with E-state index in [9.17, 15) is 9.18 Å². The second kappa shape index (κ2) is 5.91. The van der Waals surface area contributed by atoms with Crippen LogP contribution in [0.15, 0.2) is 11.9 Å². The zero-order valence-corrected chi connectivity index (χ0v) is 13.0. The van der Waals surface area contributed by atoms with Crippen LogP contribution in [0.5, 0.6) is 0 Å². The minimum absolute atomic E-state index is 0.0819. The highest BCUT2D eigenvalue weighted by molar-refractivity contribution is 6.74. The predicted octanol–water partition coefficient (Wildman–Crippen LogP) is 4.09. The maximum Gasteiger partial charge on any atom is 0.192 e. The Morgan fingerprint density at radius 2 is 1.76 bits per heavy atom. The molecule has 0 aliphatic carbocycles. The lowest BCUT2D eigenvalue weighted by Gasteiger charge is -2.39. The molecule has 0 heterocycles. The highest BCUT2D eigenvalue weighted by Gasteiger charge is 2.38. The summed E-state index contributed by atoms with van der Waals surface area (Å²) in [7, 11) is -1.83. The average molecular weight is 260 g/mol. The standard InChI is InChI=1S/C13H25FO2Si/c1-10(8-12(14)9-15)11(2)16-17(6,7)13(3,4)5/h8-11H,1-7H3/t10-,11+/m1/s1. The average Bonchev–Trinajstić information content (AvgIpc) is 2.14. The van der Waals surface area contributed by atoms with Crippen molar-refractivity contribution in [3.8, 4) is 0 Å². The van der Waals surface area contributed by atoms with Gasteiger partial charge in [0, 0.05) is 12.0 Å². The van der Waals surface area contributed by atoms with Crippen LogP contribution in [0.2, 0.25) is 18.1 Å². The number of aldehydes is 1. The summed E-state index contributed by atoms with van der Waals surface area (Å²) in [5.74, 6) is -0.822. The van der Waals surface area contributed by atoms with Crippen LogP contribution in [-0.2, 0) is 9.22 Å². The lowest BCUT2D eigenvalue weighted by molar-refractivity contribution is -0.106. The van der Waals surface area contributed by atoms with Crippen molar-refractivity contribution < 1.29 is 13.6 Å². The van der Waals surface area contributed by atoms with Crippen LogP contribution in [0.3, 0.4) is 0 Å². The van der Waals surface area contributed by atoms with E-state index in [1.165, 1.54) is 6.08 Å². The number of carbonyl (C=O) groups is 1. The van der Waals surface area contributed by atoms with Crippen LogP contribution in [-0.4, -0.2) is 20.7 Å². The molecular weight excluding hydrogens is 235 g/mol. The normalized spacial score (nSPS) is 17.8. The van der Waals surface area contributed by atoms with E-state index in [1.807, 2.05) is 13.8 Å². The number of allylic oxidation sites excluding steroid dienone is 1. The largest absolute Gasteiger partial charge is 0.414 e. The van der Waals surface area contributed by atoms with E-state index in [-0.39, 0.29) is 23.3 Å². The summed E-state index contributed by atoms with van der Waals surface area (Å²) >= 11 is 0. The van der Waals surface area contributed by atoms with Gasteiger partial charge in [0.25, 0.3) is 0 Å². The van der Waals surface area contributed by atoms with Crippen molar-refractivity contribution >= 4 is 14.6 Å². The fraction of sp³-hybridized carbons (Fsp3) is 0.769. The molecule has 0 rings (SSSR count). The van der Waals surface area contributed by atoms with Crippen LogP contribution in [0.1, 0.15) is 34.6 Å². The molecule has 4 heteroatoms. The molecule has 2 nitrogen and oxygen atoms in total. The second-order valence-electron chi connectivity index (χ2n) is 6.11. The van der Waals surface area contributed by atoms with Crippen LogP contribution < -0.4 is 0 Å². The minimum Gasteiger partial charge on any atom is -0.414 e. The van der Waals surface area contributed by atoms with E-state index >= 15 is 0 Å². The molecule has 0 radical (unpaired) electrons. The van der Waals surface area contributed by atoms with Crippen LogP contribution in [0, 0.1) is 5.92 Å². The van der Waals surface area contributed by atoms with Gasteiger partial charge in [0.1, 0.15) is 0 Å². The van der Waals surface area contributed by atoms with E-state index in [4.69, 9.17) is 4.43 Å². The van der Waals surface area contributed by atoms with Gasteiger partial charge in [0.15, 0.2) is 20.4 Å². The fourth-order valence-electron chi connectivity index (χ4n) is 1.17. The molecule has 0 aromatic heterocycles. The summed E-state index contributed by atoms with van der Waals surface area (Å²) in [5, 5.41) is 0.133. The molecule has 0 aromatic carbocycles. The maximum atomic E-state index is 12.9. The van der Waals surface area contributed by atoms with Crippen LogP contribution in [0.4, 0.5) is 4.39 Å². The van der Waals surface area contributed by atoms with Gasteiger partial charge in [-0.1, -0.05) is 27.7 Å². The molecule has 0 aliphatic rings. The van der Waals surface area contributed by atoms with Crippen molar-refractivity contribution in [2.24, 2.45) is 5.92 Å². The quantitative estimate of drug-likeness (QED) is 0.423. The molecule has 0 fully saturated rings. The Bertz CT molecular complexity index is 292. The highest BCUT2D eigenvalue weighted by Crippen LogP contribution is 2.38. The van der Waals surface area contributed by atoms with Gasteiger partial charge in [-0.3, -0.25) is 4.79 Å². The molecule has 100 valence electrons. The Balaban J connectivity index is 4.65. The Kier molecular flexibility index (Phi) is 5.74. The Morgan fingerprint density at radius 1 is 1.29 bits per heavy atom. The molecule has 0 N–H and O–H groups in total. The van der Waals surface area contributed by atoms with Gasteiger partial charge in [-0.25, -0.2) is 4.39 Å². The van der Waals surface area contributed by atoms with Gasteiger partial charge in [0.05, 0.1) is 0 Å². The smallest absolute Gasteiger partial charge is 0.192 e. The SMILES string of the molecule is C[C@H](C=C(F)C=O)[C@H](C)O[Si](C)(C)C(C)(C)C. The number of hydrogen-bond acceptors (Lipinski definition) is 2. The topological polar surface area (TPSA) is 26.3 Å². The van der Waals surface area contributed by atoms with Gasteiger partial charge in [-0.15, -0.1) is 0 Å². The second-order valence-corrected chi connectivity index (χ2v) is 10.9. The summed E-state index contributed by atoms with van der Waals surface area (Å²) in [6, 6.07) is 0. The van der Waals surface area contributed by atoms with Gasteiger partial charge >= 0.3 is 0 Å². The molecule has 2 atom stereocenters. The summed E-state index contributed by atoms with van der Waals surface area (Å²) in [5.41, 5.74) is 0. The highest BCUT2D eigenvalue weighted by atomic mass is 28.4. The van der Waals surface area contributed by atoms with Gasteiger partial charge in [-0.2, -0.15) is 0 Å². The molecule has 0 saturated heterocycles. The van der Waals surface area contributed by atoms with Crippen molar-refractivity contribution in [2.75, 3.05) is 0 Å². The van der Waals surface area contributed by atoms with Crippen LogP contribution >= 0.6 is 0 Å². The molecule has 0 spiro atoms. The predicted molar refractivity (Wildman–Crippen MR) is 72.2 cm³/mol. The zero-order chi connectivity index (χ0) is 13.9. The molecule has 0 amide bonds. The molecule has 0 unspecified atom stereocenters. The van der Waals surface area contributed by atoms with Crippen molar-refractivity contribution in [1.29, 1.82) is 0 Å². The van der Waals surface area contributed by atoms with E-state index in [0.717, 1.165) is 0 Å². The Morgan fingerprint density at radius 3 is 2.12 bits per heavy atom. The number of hydrogen-bond donors (Lipinski definition) is 0. The minimum atomic E-state index is -1.83. The first kappa shape index (κ1) is 16.5. The lowest BCUT2D eigenvalue weighted by atomic mass is 10.1. The zero-order valence-electron chi connectivity index (χ0n) is 12.0. The van der Waals surface area contributed by atoms with E-state index in [2.05, 4.69) is 33.9 Å². The molecular formula is C13H25FO2Si. The first-order valence-corrected chi connectivity index (χ1v) is 8.92. The van der Waals surface area contributed by atoms with Crippen molar-refractivity contribution in [2.45, 2.75) is 58.9 Å². The Hall–Kier alpha value is -0.483. The summed E-state index contributed by atoms with van der Waals surface area (Å²) < 4.78 is 19.0. The van der Waals surface area contributed by atoms with Crippen molar-refractivity contribution in [3.63, 3.8) is 0 Å². The molecule has 0 aliphatic heterocycles. The third-order valence-corrected chi connectivity index (χ3v) is 8.14. The third kappa shape index (κ3) is 5.13. The fourth-order valence-corrected chi connectivity index (χ4v) is 2.67. The monoisotopic (exact) mass is 260 g/mol. The Labute approximate surface area is 105 Å². The summed E-state index contributed by atoms with van der Waals surface area (Å²) in [4.78, 5) is 10.2. The number of halogens is 1. The van der Waals surface area contributed by atoms with Gasteiger partial charge < -0.3 is 4.43 Å². The van der Waals surface area contributed by atoms with Crippen molar-refractivity contribution in [1.82, 2.24) is 0 Å². The molecule has 0 saturated carbocycles. The summed E-state index contributed by atoms with van der Waals surface area (Å²) in [6.45, 7) is 14.6. The lowest BCUT2D eigenvalue weighted by Crippen LogP contribution is -2.44. The molecule has 0 aromatic rings. The van der Waals surface area contributed by atoms with Crippen LogP contribution in [0.25, 0.3) is 0 Å². The van der Waals surface area contributed by atoms with E-state index in [1.54, 1.807) is 0 Å². The van der Waals surface area contributed by atoms with E-state index < -0.39 is 14.1 Å². The number of rotatable bonds is 5. The van der Waals surface area contributed by atoms with Gasteiger partial charge in [-0.05, 0) is 31.1 Å².